The average Bonchev–Trinajstić information content (AvgIpc) is 3.05. The third kappa shape index (κ3) is 4.52. The predicted octanol–water partition coefficient (Wildman–Crippen LogP) is 5.57. The Morgan fingerprint density at radius 3 is 2.61 bits per heavy atom. The van der Waals surface area contributed by atoms with Crippen LogP contribution in [0.3, 0.4) is 0 Å². The van der Waals surface area contributed by atoms with Crippen LogP contribution in [-0.4, -0.2) is 11.2 Å². The van der Waals surface area contributed by atoms with E-state index in [0.717, 1.165) is 27.0 Å². The van der Waals surface area contributed by atoms with E-state index in [9.17, 15) is 0 Å². The zero-order valence-corrected chi connectivity index (χ0v) is 13.8. The van der Waals surface area contributed by atoms with Crippen molar-refractivity contribution in [2.24, 2.45) is 5.10 Å². The molecule has 0 aliphatic carbocycles. The summed E-state index contributed by atoms with van der Waals surface area (Å²) in [5, 5.41) is 7.60. The second kappa shape index (κ2) is 7.72. The Morgan fingerprint density at radius 2 is 1.83 bits per heavy atom. The van der Waals surface area contributed by atoms with Gasteiger partial charge in [0.05, 0.1) is 5.69 Å². The van der Waals surface area contributed by atoms with Gasteiger partial charge in [0, 0.05) is 22.2 Å². The van der Waals surface area contributed by atoms with E-state index in [-0.39, 0.29) is 0 Å². The zero-order valence-electron chi connectivity index (χ0n) is 12.2. The van der Waals surface area contributed by atoms with Crippen molar-refractivity contribution in [3.8, 4) is 11.3 Å². The second-order valence-corrected chi connectivity index (χ2v) is 6.00. The number of rotatable bonds is 5. The van der Waals surface area contributed by atoms with Gasteiger partial charge in [0.15, 0.2) is 0 Å². The predicted molar refractivity (Wildman–Crippen MR) is 100 cm³/mol. The molecule has 23 heavy (non-hydrogen) atoms. The van der Waals surface area contributed by atoms with Crippen LogP contribution in [0.25, 0.3) is 17.3 Å². The van der Waals surface area contributed by atoms with Crippen LogP contribution in [0.5, 0.6) is 0 Å². The summed E-state index contributed by atoms with van der Waals surface area (Å²) in [5.74, 6) is 0. The summed E-state index contributed by atoms with van der Waals surface area (Å²) in [6, 6.07) is 17.7. The molecule has 0 saturated heterocycles. The van der Waals surface area contributed by atoms with Gasteiger partial charge in [-0.15, -0.1) is 11.3 Å². The summed E-state index contributed by atoms with van der Waals surface area (Å²) in [4.78, 5) is 4.49. The number of benzene rings is 2. The number of halogens is 1. The molecule has 0 fully saturated rings. The van der Waals surface area contributed by atoms with Gasteiger partial charge < -0.3 is 0 Å². The third-order valence-corrected chi connectivity index (χ3v) is 4.05. The number of anilines is 1. The Morgan fingerprint density at radius 1 is 1.04 bits per heavy atom. The number of allylic oxidation sites excluding steroid dienone is 1. The van der Waals surface area contributed by atoms with Crippen LogP contribution < -0.4 is 5.43 Å². The van der Waals surface area contributed by atoms with Gasteiger partial charge >= 0.3 is 0 Å². The highest BCUT2D eigenvalue weighted by molar-refractivity contribution is 7.14. The number of hydrogen-bond donors (Lipinski definition) is 1. The first kappa shape index (κ1) is 15.5. The maximum Gasteiger partial charge on any atom is 0.203 e. The highest BCUT2D eigenvalue weighted by Gasteiger charge is 2.03. The molecule has 0 radical (unpaired) electrons. The van der Waals surface area contributed by atoms with Crippen molar-refractivity contribution in [2.75, 3.05) is 5.43 Å². The fourth-order valence-electron chi connectivity index (χ4n) is 1.93. The first-order valence-corrected chi connectivity index (χ1v) is 8.29. The molecule has 0 atom stereocenters. The fourth-order valence-corrected chi connectivity index (χ4v) is 2.73. The number of thiazole rings is 1. The van der Waals surface area contributed by atoms with E-state index in [0.29, 0.717) is 0 Å². The summed E-state index contributed by atoms with van der Waals surface area (Å²) >= 11 is 7.40. The second-order valence-electron chi connectivity index (χ2n) is 4.70. The molecule has 0 saturated carbocycles. The van der Waals surface area contributed by atoms with Crippen LogP contribution in [0.15, 0.2) is 71.2 Å². The van der Waals surface area contributed by atoms with E-state index in [1.807, 2.05) is 72.1 Å². The Balaban J connectivity index is 1.58. The minimum absolute atomic E-state index is 0.720. The molecular formula is C18H14ClN3S. The molecule has 1 N–H and O–H groups in total. The lowest BCUT2D eigenvalue weighted by Gasteiger charge is -1.96. The first-order chi connectivity index (χ1) is 11.3. The molecule has 5 heteroatoms. The van der Waals surface area contributed by atoms with Crippen molar-refractivity contribution in [1.29, 1.82) is 0 Å². The molecular weight excluding hydrogens is 326 g/mol. The summed E-state index contributed by atoms with van der Waals surface area (Å²) in [6.07, 6.45) is 5.58. The normalized spacial score (nSPS) is 11.3. The summed E-state index contributed by atoms with van der Waals surface area (Å²) < 4.78 is 0. The smallest absolute Gasteiger partial charge is 0.203 e. The van der Waals surface area contributed by atoms with E-state index in [4.69, 9.17) is 11.6 Å². The molecule has 1 aromatic heterocycles. The number of aromatic nitrogens is 1. The number of nitrogens with one attached hydrogen (secondary N) is 1. The van der Waals surface area contributed by atoms with Crippen LogP contribution in [0, 0.1) is 0 Å². The Labute approximate surface area is 144 Å². The Bertz CT molecular complexity index is 808. The lowest BCUT2D eigenvalue weighted by Crippen LogP contribution is -1.87. The van der Waals surface area contributed by atoms with E-state index in [2.05, 4.69) is 15.5 Å². The highest BCUT2D eigenvalue weighted by atomic mass is 35.5. The summed E-state index contributed by atoms with van der Waals surface area (Å²) in [6.45, 7) is 0. The first-order valence-electron chi connectivity index (χ1n) is 7.03. The summed E-state index contributed by atoms with van der Waals surface area (Å²) in [5.41, 5.74) is 6.01. The van der Waals surface area contributed by atoms with Crippen LogP contribution in [0.4, 0.5) is 5.13 Å². The van der Waals surface area contributed by atoms with Crippen LogP contribution >= 0.6 is 22.9 Å². The topological polar surface area (TPSA) is 37.3 Å². The lowest BCUT2D eigenvalue weighted by atomic mass is 10.2. The van der Waals surface area contributed by atoms with Gasteiger partial charge in [-0.2, -0.15) is 5.10 Å². The van der Waals surface area contributed by atoms with Gasteiger partial charge in [-0.05, 0) is 23.8 Å². The van der Waals surface area contributed by atoms with Crippen molar-refractivity contribution in [3.05, 3.63) is 76.6 Å². The molecule has 3 rings (SSSR count). The van der Waals surface area contributed by atoms with Gasteiger partial charge in [-0.3, -0.25) is 5.43 Å². The fraction of sp³-hybridized carbons (Fsp3) is 0. The standard InChI is InChI=1S/C18H14ClN3S/c19-16-10-8-15(9-11-16)17-13-23-18(21-17)22-20-12-4-7-14-5-2-1-3-6-14/h1-13H,(H,21,22). The van der Waals surface area contributed by atoms with Gasteiger partial charge in [-0.25, -0.2) is 4.98 Å². The monoisotopic (exact) mass is 339 g/mol. The number of hydrogen-bond acceptors (Lipinski definition) is 4. The van der Waals surface area contributed by atoms with Gasteiger partial charge in [-0.1, -0.05) is 60.1 Å². The molecule has 0 amide bonds. The van der Waals surface area contributed by atoms with Gasteiger partial charge in [0.2, 0.25) is 5.13 Å². The van der Waals surface area contributed by atoms with E-state index in [1.165, 1.54) is 11.3 Å². The number of hydrazone groups is 1. The average molecular weight is 340 g/mol. The van der Waals surface area contributed by atoms with Gasteiger partial charge in [0.25, 0.3) is 0 Å². The Hall–Kier alpha value is -2.43. The van der Waals surface area contributed by atoms with Crippen molar-refractivity contribution in [2.45, 2.75) is 0 Å². The maximum atomic E-state index is 5.89. The molecule has 1 heterocycles. The van der Waals surface area contributed by atoms with Crippen molar-refractivity contribution in [3.63, 3.8) is 0 Å². The molecule has 0 spiro atoms. The molecule has 0 bridgehead atoms. The highest BCUT2D eigenvalue weighted by Crippen LogP contribution is 2.25. The van der Waals surface area contributed by atoms with E-state index in [1.54, 1.807) is 6.21 Å². The SMILES string of the molecule is Clc1ccc(-c2csc(NN=CC=Cc3ccccc3)n2)cc1. The van der Waals surface area contributed by atoms with E-state index < -0.39 is 0 Å². The molecule has 114 valence electrons. The quantitative estimate of drug-likeness (QED) is 0.487. The zero-order chi connectivity index (χ0) is 15.9. The minimum Gasteiger partial charge on any atom is -0.253 e. The molecule has 0 aliphatic rings. The van der Waals surface area contributed by atoms with Crippen molar-refractivity contribution >= 4 is 40.4 Å². The van der Waals surface area contributed by atoms with Gasteiger partial charge in [0.1, 0.15) is 0 Å². The number of nitrogens with zero attached hydrogens (tertiary/aromatic N) is 2. The van der Waals surface area contributed by atoms with Crippen molar-refractivity contribution < 1.29 is 0 Å². The van der Waals surface area contributed by atoms with Crippen molar-refractivity contribution in [1.82, 2.24) is 4.98 Å². The maximum absolute atomic E-state index is 5.89. The molecule has 3 nitrogen and oxygen atoms in total. The molecule has 3 aromatic rings. The minimum atomic E-state index is 0.720. The van der Waals surface area contributed by atoms with E-state index >= 15 is 0 Å². The van der Waals surface area contributed by atoms with Crippen LogP contribution in [0.2, 0.25) is 5.02 Å². The van der Waals surface area contributed by atoms with Crippen LogP contribution in [0.1, 0.15) is 5.56 Å². The largest absolute Gasteiger partial charge is 0.253 e. The molecule has 0 unspecified atom stereocenters. The van der Waals surface area contributed by atoms with Crippen LogP contribution in [-0.2, 0) is 0 Å². The molecule has 2 aromatic carbocycles. The summed E-state index contributed by atoms with van der Waals surface area (Å²) in [7, 11) is 0. The lowest BCUT2D eigenvalue weighted by molar-refractivity contribution is 1.29. The third-order valence-electron chi connectivity index (χ3n) is 3.05. The molecule has 0 aliphatic heterocycles. The Kier molecular flexibility index (Phi) is 5.19.